The molecule has 0 saturated heterocycles. The van der Waals surface area contributed by atoms with Crippen molar-refractivity contribution in [2.24, 2.45) is 0 Å². The van der Waals surface area contributed by atoms with Gasteiger partial charge in [-0.05, 0) is 89.9 Å². The average molecular weight is 859 g/mol. The standard InChI is InChI=1S/C51H87O8P/c1-3-5-7-9-11-13-15-17-19-21-23-24-25-26-28-29-31-33-35-37-39-41-43-45-50(52)57-47-49(48-58-60(54,55)56)59-51(53)46-44-42-40-38-36-34-32-30-27-22-20-18-16-14-12-10-8-6-4-2/h6,8,12,14-15,17-18,20-21,23,27,30,34,36,49H,3-5,7,9-11,13,16,19,22,24-26,28-29,31-33,35,37-48H2,1-2H3,(H2,54,55,56)/b8-6-,14-12-,17-15-,20-18-,23-21-,30-27-,36-34-. The van der Waals surface area contributed by atoms with Gasteiger partial charge in [0.25, 0.3) is 0 Å². The summed E-state index contributed by atoms with van der Waals surface area (Å²) >= 11 is 0. The molecule has 0 saturated carbocycles. The van der Waals surface area contributed by atoms with Gasteiger partial charge in [0.05, 0.1) is 6.61 Å². The van der Waals surface area contributed by atoms with E-state index in [1.54, 1.807) is 0 Å². The highest BCUT2D eigenvalue weighted by molar-refractivity contribution is 7.46. The molecule has 0 fully saturated rings. The number of hydrogen-bond donors (Lipinski definition) is 2. The highest BCUT2D eigenvalue weighted by Gasteiger charge is 2.22. The minimum Gasteiger partial charge on any atom is -0.462 e. The summed E-state index contributed by atoms with van der Waals surface area (Å²) in [5.74, 6) is -0.927. The summed E-state index contributed by atoms with van der Waals surface area (Å²) in [6.45, 7) is 3.54. The van der Waals surface area contributed by atoms with E-state index >= 15 is 0 Å². The molecule has 0 aliphatic rings. The van der Waals surface area contributed by atoms with Crippen LogP contribution in [0.4, 0.5) is 0 Å². The van der Waals surface area contributed by atoms with E-state index in [1.165, 1.54) is 89.9 Å². The average Bonchev–Trinajstić information content (AvgIpc) is 3.22. The lowest BCUT2D eigenvalue weighted by atomic mass is 10.0. The predicted molar refractivity (Wildman–Crippen MR) is 253 cm³/mol. The first kappa shape index (κ1) is 57.2. The Morgan fingerprint density at radius 3 is 1.22 bits per heavy atom. The van der Waals surface area contributed by atoms with Crippen molar-refractivity contribution in [2.45, 2.75) is 213 Å². The van der Waals surface area contributed by atoms with Crippen molar-refractivity contribution in [3.05, 3.63) is 85.1 Å². The quantitative estimate of drug-likeness (QED) is 0.0269. The normalized spacial score (nSPS) is 13.2. The first-order valence-electron chi connectivity index (χ1n) is 23.9. The van der Waals surface area contributed by atoms with E-state index in [0.29, 0.717) is 12.8 Å². The van der Waals surface area contributed by atoms with Gasteiger partial charge in [0, 0.05) is 12.8 Å². The van der Waals surface area contributed by atoms with Crippen LogP contribution in [0.1, 0.15) is 206 Å². The van der Waals surface area contributed by atoms with Crippen molar-refractivity contribution < 1.29 is 37.9 Å². The third-order valence-corrected chi connectivity index (χ3v) is 10.4. The SMILES string of the molecule is CC/C=C\C/C=C\C/C=C\C/C=C\C/C=C\CCCCCC(=O)OC(COC(=O)CCCCCCCCCCCCC/C=C\C/C=C\CCCCCCC)COP(=O)(O)O. The third kappa shape index (κ3) is 47.9. The summed E-state index contributed by atoms with van der Waals surface area (Å²) in [7, 11) is -4.77. The fourth-order valence-electron chi connectivity index (χ4n) is 6.37. The number of carbonyl (C=O) groups is 2. The largest absolute Gasteiger partial charge is 0.469 e. The van der Waals surface area contributed by atoms with Gasteiger partial charge in [0.2, 0.25) is 0 Å². The van der Waals surface area contributed by atoms with Gasteiger partial charge in [0.1, 0.15) is 6.61 Å². The van der Waals surface area contributed by atoms with Crippen molar-refractivity contribution in [3.8, 4) is 0 Å². The summed E-state index contributed by atoms with van der Waals surface area (Å²) in [6.07, 6.45) is 61.7. The maximum atomic E-state index is 12.4. The van der Waals surface area contributed by atoms with Crippen LogP contribution in [-0.2, 0) is 28.2 Å². The molecule has 0 rings (SSSR count). The molecular weight excluding hydrogens is 772 g/mol. The Morgan fingerprint density at radius 1 is 0.450 bits per heavy atom. The van der Waals surface area contributed by atoms with Gasteiger partial charge in [-0.25, -0.2) is 4.57 Å². The zero-order chi connectivity index (χ0) is 43.9. The Hall–Kier alpha value is -2.77. The van der Waals surface area contributed by atoms with Crippen LogP contribution in [0.3, 0.4) is 0 Å². The van der Waals surface area contributed by atoms with Gasteiger partial charge < -0.3 is 19.3 Å². The molecule has 0 aliphatic carbocycles. The second-order valence-corrected chi connectivity index (χ2v) is 16.9. The molecule has 8 nitrogen and oxygen atoms in total. The van der Waals surface area contributed by atoms with Gasteiger partial charge in [0.15, 0.2) is 6.10 Å². The molecule has 0 aromatic carbocycles. The Kier molecular flexibility index (Phi) is 43.6. The smallest absolute Gasteiger partial charge is 0.462 e. The van der Waals surface area contributed by atoms with E-state index in [9.17, 15) is 14.2 Å². The van der Waals surface area contributed by atoms with Crippen molar-refractivity contribution in [1.29, 1.82) is 0 Å². The van der Waals surface area contributed by atoms with Crippen LogP contribution >= 0.6 is 7.82 Å². The number of ether oxygens (including phenoxy) is 2. The number of hydrogen-bond acceptors (Lipinski definition) is 6. The summed E-state index contributed by atoms with van der Waals surface area (Å²) < 4.78 is 26.5. The summed E-state index contributed by atoms with van der Waals surface area (Å²) in [6, 6.07) is 0. The van der Waals surface area contributed by atoms with Gasteiger partial charge in [-0.15, -0.1) is 0 Å². The van der Waals surface area contributed by atoms with Crippen molar-refractivity contribution >= 4 is 19.8 Å². The molecule has 0 radical (unpaired) electrons. The zero-order valence-electron chi connectivity index (χ0n) is 38.1. The summed E-state index contributed by atoms with van der Waals surface area (Å²) in [5.41, 5.74) is 0. The topological polar surface area (TPSA) is 119 Å². The van der Waals surface area contributed by atoms with Crippen LogP contribution < -0.4 is 0 Å². The second-order valence-electron chi connectivity index (χ2n) is 15.7. The molecule has 344 valence electrons. The molecule has 0 heterocycles. The van der Waals surface area contributed by atoms with Crippen molar-refractivity contribution in [3.63, 3.8) is 0 Å². The molecule has 2 N–H and O–H groups in total. The van der Waals surface area contributed by atoms with Crippen molar-refractivity contribution in [1.82, 2.24) is 0 Å². The fraction of sp³-hybridized carbons (Fsp3) is 0.686. The lowest BCUT2D eigenvalue weighted by molar-refractivity contribution is -0.161. The minimum absolute atomic E-state index is 0.168. The molecule has 1 atom stereocenters. The van der Waals surface area contributed by atoms with E-state index in [-0.39, 0.29) is 19.4 Å². The van der Waals surface area contributed by atoms with Gasteiger partial charge in [-0.1, -0.05) is 189 Å². The predicted octanol–water partition coefficient (Wildman–Crippen LogP) is 15.2. The highest BCUT2D eigenvalue weighted by atomic mass is 31.2. The lowest BCUT2D eigenvalue weighted by Crippen LogP contribution is -2.29. The Bertz CT molecular complexity index is 1240. The van der Waals surface area contributed by atoms with Gasteiger partial charge >= 0.3 is 19.8 Å². The number of esters is 2. The summed E-state index contributed by atoms with van der Waals surface area (Å²) in [5, 5.41) is 0. The van der Waals surface area contributed by atoms with Crippen LogP contribution in [0.25, 0.3) is 0 Å². The van der Waals surface area contributed by atoms with Gasteiger partial charge in [-0.3, -0.25) is 14.1 Å². The molecule has 0 amide bonds. The van der Waals surface area contributed by atoms with Crippen LogP contribution in [0.2, 0.25) is 0 Å². The van der Waals surface area contributed by atoms with E-state index in [4.69, 9.17) is 19.3 Å². The first-order chi connectivity index (χ1) is 29.3. The monoisotopic (exact) mass is 859 g/mol. The highest BCUT2D eigenvalue weighted by Crippen LogP contribution is 2.36. The summed E-state index contributed by atoms with van der Waals surface area (Å²) in [4.78, 5) is 43.0. The Balaban J connectivity index is 3.92. The first-order valence-corrected chi connectivity index (χ1v) is 25.4. The van der Waals surface area contributed by atoms with E-state index in [1.807, 2.05) is 0 Å². The molecule has 0 aromatic rings. The zero-order valence-corrected chi connectivity index (χ0v) is 39.0. The molecule has 0 bridgehead atoms. The minimum atomic E-state index is -4.77. The number of phosphoric ester groups is 1. The van der Waals surface area contributed by atoms with E-state index in [2.05, 4.69) is 103 Å². The van der Waals surface area contributed by atoms with Gasteiger partial charge in [-0.2, -0.15) is 0 Å². The van der Waals surface area contributed by atoms with Crippen LogP contribution in [-0.4, -0.2) is 41.0 Å². The second kappa shape index (κ2) is 45.7. The van der Waals surface area contributed by atoms with Crippen LogP contribution in [0.5, 0.6) is 0 Å². The number of phosphoric acid groups is 1. The number of rotatable bonds is 43. The van der Waals surface area contributed by atoms with Crippen LogP contribution in [0.15, 0.2) is 85.1 Å². The number of unbranched alkanes of at least 4 members (excludes halogenated alkanes) is 19. The molecular formula is C51H87O8P. The molecule has 0 spiro atoms. The van der Waals surface area contributed by atoms with E-state index < -0.39 is 32.5 Å². The molecule has 1 unspecified atom stereocenters. The molecule has 60 heavy (non-hydrogen) atoms. The molecule has 0 aliphatic heterocycles. The van der Waals surface area contributed by atoms with E-state index in [0.717, 1.165) is 77.0 Å². The fourth-order valence-corrected chi connectivity index (χ4v) is 6.73. The Morgan fingerprint density at radius 2 is 0.800 bits per heavy atom. The van der Waals surface area contributed by atoms with Crippen molar-refractivity contribution in [2.75, 3.05) is 13.2 Å². The van der Waals surface area contributed by atoms with Crippen LogP contribution in [0, 0.1) is 0 Å². The molecule has 9 heteroatoms. The lowest BCUT2D eigenvalue weighted by Gasteiger charge is -2.18. The number of carbonyl (C=O) groups excluding carboxylic acids is 2. The molecule has 0 aromatic heterocycles. The Labute approximate surface area is 367 Å². The third-order valence-electron chi connectivity index (χ3n) is 9.90. The number of allylic oxidation sites excluding steroid dienone is 14. The maximum Gasteiger partial charge on any atom is 0.469 e. The maximum absolute atomic E-state index is 12.4.